The molecular formula is C49H58F2N6O6SSi. The van der Waals surface area contributed by atoms with Gasteiger partial charge in [0.2, 0.25) is 0 Å². The molecule has 3 saturated heterocycles. The molecule has 344 valence electrons. The predicted molar refractivity (Wildman–Crippen MR) is 253 cm³/mol. The van der Waals surface area contributed by atoms with Crippen molar-refractivity contribution >= 4 is 57.5 Å². The van der Waals surface area contributed by atoms with Crippen molar-refractivity contribution in [1.29, 1.82) is 0 Å². The molecule has 3 aliphatic rings. The van der Waals surface area contributed by atoms with Gasteiger partial charge < -0.3 is 19.3 Å². The number of nitrogens with zero attached hydrogens (tertiary/aromatic N) is 6. The topological polar surface area (TPSA) is 138 Å². The predicted octanol–water partition coefficient (Wildman–Crippen LogP) is 10.2. The van der Waals surface area contributed by atoms with Gasteiger partial charge in [0, 0.05) is 48.9 Å². The van der Waals surface area contributed by atoms with Crippen LogP contribution in [0.2, 0.25) is 16.6 Å². The molecule has 2 bridgehead atoms. The highest BCUT2D eigenvalue weighted by atomic mass is 32.2. The van der Waals surface area contributed by atoms with E-state index < -0.39 is 41.5 Å². The summed E-state index contributed by atoms with van der Waals surface area (Å²) in [4.78, 5) is 33.4. The summed E-state index contributed by atoms with van der Waals surface area (Å²) in [5, 5.41) is 1.51. The molecule has 65 heavy (non-hydrogen) atoms. The average molecular weight is 925 g/mol. The van der Waals surface area contributed by atoms with Crippen molar-refractivity contribution in [2.45, 2.75) is 127 Å². The van der Waals surface area contributed by atoms with Gasteiger partial charge in [0.1, 0.15) is 42.6 Å². The molecule has 3 atom stereocenters. The van der Waals surface area contributed by atoms with E-state index in [0.717, 1.165) is 12.8 Å². The first kappa shape index (κ1) is 46.2. The van der Waals surface area contributed by atoms with E-state index in [1.807, 2.05) is 41.5 Å². The maximum absolute atomic E-state index is 17.7. The number of hydrogen-bond acceptors (Lipinski definition) is 10. The summed E-state index contributed by atoms with van der Waals surface area (Å²) in [6, 6.07) is 14.1. The van der Waals surface area contributed by atoms with Crippen molar-refractivity contribution in [3.63, 3.8) is 0 Å². The first-order valence-electron chi connectivity index (χ1n) is 22.5. The third-order valence-electron chi connectivity index (χ3n) is 13.4. The number of benzene rings is 3. The number of aromatic nitrogens is 3. The summed E-state index contributed by atoms with van der Waals surface area (Å²) >= 11 is 0. The third kappa shape index (κ3) is 8.86. The summed E-state index contributed by atoms with van der Waals surface area (Å²) in [6.45, 7) is 20.4. The van der Waals surface area contributed by atoms with Crippen LogP contribution in [0, 0.1) is 23.1 Å². The van der Waals surface area contributed by atoms with Crippen molar-refractivity contribution in [3.8, 4) is 28.7 Å². The molecule has 1 N–H and O–H groups in total. The van der Waals surface area contributed by atoms with Gasteiger partial charge in [-0.3, -0.25) is 14.4 Å². The zero-order valence-electron chi connectivity index (χ0n) is 38.5. The zero-order valence-corrected chi connectivity index (χ0v) is 40.3. The molecule has 8 rings (SSSR count). The Labute approximate surface area is 381 Å². The van der Waals surface area contributed by atoms with Crippen molar-refractivity contribution in [2.75, 3.05) is 36.0 Å². The highest BCUT2D eigenvalue weighted by Gasteiger charge is 2.46. The molecule has 5 aromatic rings. The molecule has 0 spiro atoms. The van der Waals surface area contributed by atoms with Crippen LogP contribution >= 0.6 is 0 Å². The second-order valence-electron chi connectivity index (χ2n) is 19.6. The van der Waals surface area contributed by atoms with Crippen LogP contribution in [0.1, 0.15) is 87.1 Å². The Morgan fingerprint density at radius 3 is 2.22 bits per heavy atom. The minimum absolute atomic E-state index is 0.0204. The van der Waals surface area contributed by atoms with Crippen LogP contribution in [0.4, 0.5) is 25.1 Å². The van der Waals surface area contributed by atoms with Crippen molar-refractivity contribution in [1.82, 2.24) is 19.9 Å². The van der Waals surface area contributed by atoms with Gasteiger partial charge in [-0.05, 0) is 79.9 Å². The molecule has 2 aromatic heterocycles. The first-order valence-corrected chi connectivity index (χ1v) is 26.2. The Balaban J connectivity index is 1.23. The van der Waals surface area contributed by atoms with Crippen LogP contribution in [0.15, 0.2) is 65.7 Å². The number of amides is 1. The van der Waals surface area contributed by atoms with Crippen molar-refractivity contribution in [2.24, 2.45) is 0 Å². The lowest BCUT2D eigenvalue weighted by molar-refractivity contribution is 0.0122. The lowest BCUT2D eigenvalue weighted by Crippen LogP contribution is -2.57. The molecule has 0 saturated carbocycles. The monoisotopic (exact) mass is 924 g/mol. The standard InChI is InChI=1S/C49H58F2N6O6SSi/c1-29(2)65(30(3)4,31(5)6)23-21-38-41(50)19-16-32-12-10-15-39(42(32)38)44-43(51)45-40(25-52-44)46(56-26-34-17-18-35(27-56)57(34)48(58)63-49(7,8)9)54-47(53-45)62-36-20-22-55(28-36)33-13-11-14-37(24-33)64(59,60)61/h10-16,19,24-25,29-31,34-36H,17-18,20,22,26-28H2,1-9H3,(H,59,60,61)/t34-,35+,36-/m1/s1. The number of carbonyl (C=O) groups is 1. The van der Waals surface area contributed by atoms with Crippen molar-refractivity contribution < 1.29 is 36.0 Å². The smallest absolute Gasteiger partial charge is 0.410 e. The number of carbonyl (C=O) groups excluding carboxylic acids is 1. The van der Waals surface area contributed by atoms with Crippen LogP contribution in [0.5, 0.6) is 6.01 Å². The maximum atomic E-state index is 17.7. The molecule has 3 aromatic carbocycles. The largest absolute Gasteiger partial charge is 0.458 e. The Morgan fingerprint density at radius 1 is 0.892 bits per heavy atom. The second kappa shape index (κ2) is 17.5. The van der Waals surface area contributed by atoms with E-state index in [-0.39, 0.29) is 45.9 Å². The Morgan fingerprint density at radius 2 is 1.57 bits per heavy atom. The first-order chi connectivity index (χ1) is 30.7. The summed E-state index contributed by atoms with van der Waals surface area (Å²) in [5.41, 5.74) is 5.07. The minimum atomic E-state index is -4.41. The molecule has 5 heterocycles. The van der Waals surface area contributed by atoms with Gasteiger partial charge in [-0.15, -0.1) is 5.54 Å². The van der Waals surface area contributed by atoms with Gasteiger partial charge in [0.15, 0.2) is 5.82 Å². The second-order valence-corrected chi connectivity index (χ2v) is 26.6. The van der Waals surface area contributed by atoms with Gasteiger partial charge in [0.05, 0.1) is 34.5 Å². The lowest BCUT2D eigenvalue weighted by atomic mass is 9.96. The molecule has 1 amide bonds. The zero-order chi connectivity index (χ0) is 46.7. The van der Waals surface area contributed by atoms with E-state index in [0.29, 0.717) is 82.5 Å². The lowest BCUT2D eigenvalue weighted by Gasteiger charge is -2.42. The molecule has 3 fully saturated rings. The number of piperazine rings is 1. The third-order valence-corrected chi connectivity index (χ3v) is 20.6. The number of pyridine rings is 1. The minimum Gasteiger partial charge on any atom is -0.458 e. The van der Waals surface area contributed by atoms with Gasteiger partial charge in [-0.1, -0.05) is 77.8 Å². The van der Waals surface area contributed by atoms with Gasteiger partial charge in [0.25, 0.3) is 10.1 Å². The van der Waals surface area contributed by atoms with E-state index in [2.05, 4.69) is 53.0 Å². The molecule has 0 unspecified atom stereocenters. The number of anilines is 2. The van der Waals surface area contributed by atoms with Crippen LogP contribution in [-0.4, -0.2) is 97.0 Å². The molecule has 12 nitrogen and oxygen atoms in total. The summed E-state index contributed by atoms with van der Waals surface area (Å²) in [7, 11) is -6.70. The molecule has 0 radical (unpaired) electrons. The average Bonchev–Trinajstić information content (AvgIpc) is 3.81. The van der Waals surface area contributed by atoms with E-state index in [1.165, 1.54) is 18.2 Å². The van der Waals surface area contributed by atoms with Crippen LogP contribution in [-0.2, 0) is 14.9 Å². The molecule has 0 aliphatic carbocycles. The van der Waals surface area contributed by atoms with Crippen LogP contribution in [0.25, 0.3) is 32.9 Å². The van der Waals surface area contributed by atoms with Crippen LogP contribution < -0.4 is 14.5 Å². The maximum Gasteiger partial charge on any atom is 0.410 e. The van der Waals surface area contributed by atoms with Crippen LogP contribution in [0.3, 0.4) is 0 Å². The molecule has 3 aliphatic heterocycles. The fourth-order valence-electron chi connectivity index (χ4n) is 10.5. The number of fused-ring (bicyclic) bond motifs is 4. The summed E-state index contributed by atoms with van der Waals surface area (Å²) in [5.74, 6) is 2.51. The van der Waals surface area contributed by atoms with E-state index in [4.69, 9.17) is 24.4 Å². The summed E-state index contributed by atoms with van der Waals surface area (Å²) < 4.78 is 79.6. The Hall–Kier alpha value is -5.37. The highest BCUT2D eigenvalue weighted by Crippen LogP contribution is 2.43. The fraction of sp³-hybridized carbons (Fsp3) is 0.469. The number of rotatable bonds is 9. The number of halogens is 2. The quantitative estimate of drug-likeness (QED) is 0.0859. The number of ether oxygens (including phenoxy) is 2. The van der Waals surface area contributed by atoms with Gasteiger partial charge >= 0.3 is 12.1 Å². The van der Waals surface area contributed by atoms with E-state index in [1.54, 1.807) is 36.5 Å². The highest BCUT2D eigenvalue weighted by molar-refractivity contribution is 7.85. The van der Waals surface area contributed by atoms with Gasteiger partial charge in [-0.2, -0.15) is 18.4 Å². The van der Waals surface area contributed by atoms with Crippen molar-refractivity contribution in [3.05, 3.63) is 78.0 Å². The Bertz CT molecular complexity index is 2810. The number of hydrogen-bond donors (Lipinski definition) is 1. The SMILES string of the molecule is CC(C)[Si](C#Cc1c(F)ccc2cccc(-c3ncc4c(N5C[C@H]6CC[C@@H](C5)N6C(=O)OC(C)(C)C)nc(O[C@@H]5CCN(c6cccc(S(=O)(=O)O)c6)C5)nc4c3F)c12)(C(C)C)C(C)C. The van der Waals surface area contributed by atoms with E-state index in [9.17, 15) is 17.8 Å². The fourth-order valence-corrected chi connectivity index (χ4v) is 16.2. The van der Waals surface area contributed by atoms with Gasteiger partial charge in [-0.25, -0.2) is 13.6 Å². The Kier molecular flexibility index (Phi) is 12.4. The van der Waals surface area contributed by atoms with E-state index >= 15 is 8.78 Å². The normalized spacial score (nSPS) is 19.2. The molecular weight excluding hydrogens is 867 g/mol. The molecule has 16 heteroatoms. The summed E-state index contributed by atoms with van der Waals surface area (Å²) in [6.07, 6.45) is 2.78.